The summed E-state index contributed by atoms with van der Waals surface area (Å²) in [5.74, 6) is -0.973. The fourth-order valence-corrected chi connectivity index (χ4v) is 3.13. The molecule has 0 radical (unpaired) electrons. The van der Waals surface area contributed by atoms with Crippen LogP contribution in [0.2, 0.25) is 0 Å². The van der Waals surface area contributed by atoms with Crippen molar-refractivity contribution >= 4 is 17.0 Å². The van der Waals surface area contributed by atoms with Crippen LogP contribution in [0, 0.1) is 0 Å². The standard InChI is InChI=1S/C14H16N2O3/c1-14(6-2-3-7-14)16-11-8-9(12(17)18)4-5-10(11)15-13(16)19/h4-5,8H,2-3,6-7H2,1H3,(H,15,19)(H,17,18). The van der Waals surface area contributed by atoms with E-state index in [9.17, 15) is 9.59 Å². The Labute approximate surface area is 109 Å². The molecule has 0 bridgehead atoms. The van der Waals surface area contributed by atoms with Gasteiger partial charge in [0.2, 0.25) is 0 Å². The van der Waals surface area contributed by atoms with Gasteiger partial charge in [-0.3, -0.25) is 4.57 Å². The molecule has 1 fully saturated rings. The van der Waals surface area contributed by atoms with Crippen LogP contribution in [0.15, 0.2) is 23.0 Å². The maximum Gasteiger partial charge on any atom is 0.335 e. The van der Waals surface area contributed by atoms with Gasteiger partial charge < -0.3 is 10.1 Å². The van der Waals surface area contributed by atoms with Gasteiger partial charge in [-0.2, -0.15) is 0 Å². The van der Waals surface area contributed by atoms with E-state index in [0.29, 0.717) is 11.0 Å². The minimum absolute atomic E-state index is 0.151. The molecule has 0 unspecified atom stereocenters. The Bertz CT molecular complexity index is 705. The molecule has 1 aliphatic carbocycles. The van der Waals surface area contributed by atoms with Gasteiger partial charge in [-0.15, -0.1) is 0 Å². The second kappa shape index (κ2) is 3.98. The van der Waals surface area contributed by atoms with Crippen LogP contribution in [0.5, 0.6) is 0 Å². The number of hydrogen-bond donors (Lipinski definition) is 2. The molecule has 1 aromatic carbocycles. The fourth-order valence-electron chi connectivity index (χ4n) is 3.13. The Balaban J connectivity index is 2.28. The quantitative estimate of drug-likeness (QED) is 0.870. The summed E-state index contributed by atoms with van der Waals surface area (Å²) >= 11 is 0. The van der Waals surface area contributed by atoms with E-state index in [4.69, 9.17) is 5.11 Å². The molecule has 1 saturated carbocycles. The van der Waals surface area contributed by atoms with E-state index < -0.39 is 5.97 Å². The third-order valence-electron chi connectivity index (χ3n) is 4.15. The number of benzene rings is 1. The Morgan fingerprint density at radius 1 is 1.37 bits per heavy atom. The van der Waals surface area contributed by atoms with E-state index >= 15 is 0 Å². The Morgan fingerprint density at radius 3 is 2.68 bits per heavy atom. The van der Waals surface area contributed by atoms with Gasteiger partial charge in [0, 0.05) is 5.54 Å². The molecule has 0 saturated heterocycles. The molecule has 1 aliphatic rings. The van der Waals surface area contributed by atoms with Crippen LogP contribution in [0.1, 0.15) is 43.0 Å². The summed E-state index contributed by atoms with van der Waals surface area (Å²) in [7, 11) is 0. The fraction of sp³-hybridized carbons (Fsp3) is 0.429. The monoisotopic (exact) mass is 260 g/mol. The van der Waals surface area contributed by atoms with E-state index in [2.05, 4.69) is 11.9 Å². The van der Waals surface area contributed by atoms with Gasteiger partial charge in [0.1, 0.15) is 0 Å². The van der Waals surface area contributed by atoms with E-state index in [1.807, 2.05) is 0 Å². The van der Waals surface area contributed by atoms with Crippen LogP contribution < -0.4 is 5.69 Å². The highest BCUT2D eigenvalue weighted by molar-refractivity contribution is 5.92. The highest BCUT2D eigenvalue weighted by Crippen LogP contribution is 2.36. The van der Waals surface area contributed by atoms with Gasteiger partial charge in [-0.25, -0.2) is 9.59 Å². The molecule has 1 heterocycles. The van der Waals surface area contributed by atoms with Crippen LogP contribution in [0.3, 0.4) is 0 Å². The molecule has 19 heavy (non-hydrogen) atoms. The molecule has 2 aromatic rings. The number of carbonyl (C=O) groups is 1. The van der Waals surface area contributed by atoms with E-state index in [-0.39, 0.29) is 16.8 Å². The number of nitrogens with one attached hydrogen (secondary N) is 1. The highest BCUT2D eigenvalue weighted by Gasteiger charge is 2.33. The number of aromatic carboxylic acids is 1. The van der Waals surface area contributed by atoms with Crippen molar-refractivity contribution in [3.05, 3.63) is 34.2 Å². The van der Waals surface area contributed by atoms with Crippen molar-refractivity contribution in [2.75, 3.05) is 0 Å². The van der Waals surface area contributed by atoms with E-state index in [0.717, 1.165) is 25.7 Å². The summed E-state index contributed by atoms with van der Waals surface area (Å²) in [6, 6.07) is 4.76. The lowest BCUT2D eigenvalue weighted by Gasteiger charge is -2.25. The first-order valence-electron chi connectivity index (χ1n) is 6.50. The second-order valence-electron chi connectivity index (χ2n) is 5.51. The van der Waals surface area contributed by atoms with Gasteiger partial charge in [-0.05, 0) is 38.0 Å². The zero-order valence-corrected chi connectivity index (χ0v) is 10.8. The summed E-state index contributed by atoms with van der Waals surface area (Å²) in [6.07, 6.45) is 4.12. The maximum absolute atomic E-state index is 12.2. The lowest BCUT2D eigenvalue weighted by molar-refractivity contribution is 0.0697. The highest BCUT2D eigenvalue weighted by atomic mass is 16.4. The summed E-state index contributed by atoms with van der Waals surface area (Å²) in [6.45, 7) is 2.07. The van der Waals surface area contributed by atoms with Crippen LogP contribution in [0.4, 0.5) is 0 Å². The Kier molecular flexibility index (Phi) is 2.52. The van der Waals surface area contributed by atoms with Crippen LogP contribution in [0.25, 0.3) is 11.0 Å². The van der Waals surface area contributed by atoms with E-state index in [1.165, 1.54) is 6.07 Å². The normalized spacial score (nSPS) is 17.9. The lowest BCUT2D eigenvalue weighted by atomic mass is 10.00. The molecule has 0 spiro atoms. The number of rotatable bonds is 2. The number of carboxylic acid groups (broad SMARTS) is 1. The van der Waals surface area contributed by atoms with Crippen LogP contribution in [-0.4, -0.2) is 20.6 Å². The molecule has 5 nitrogen and oxygen atoms in total. The molecule has 100 valence electrons. The van der Waals surface area contributed by atoms with Gasteiger partial charge in [0.05, 0.1) is 16.6 Å². The van der Waals surface area contributed by atoms with Crippen molar-refractivity contribution in [3.63, 3.8) is 0 Å². The third-order valence-corrected chi connectivity index (χ3v) is 4.15. The molecule has 3 rings (SSSR count). The molecule has 5 heteroatoms. The molecule has 0 atom stereocenters. The van der Waals surface area contributed by atoms with Crippen molar-refractivity contribution in [2.45, 2.75) is 38.1 Å². The number of hydrogen-bond acceptors (Lipinski definition) is 2. The van der Waals surface area contributed by atoms with Crippen LogP contribution >= 0.6 is 0 Å². The smallest absolute Gasteiger partial charge is 0.335 e. The predicted molar refractivity (Wildman–Crippen MR) is 71.6 cm³/mol. The number of fused-ring (bicyclic) bond motifs is 1. The number of carboxylic acids is 1. The summed E-state index contributed by atoms with van der Waals surface area (Å²) in [4.78, 5) is 26.0. The minimum Gasteiger partial charge on any atom is -0.478 e. The topological polar surface area (TPSA) is 75.1 Å². The van der Waals surface area contributed by atoms with Crippen molar-refractivity contribution in [1.29, 1.82) is 0 Å². The van der Waals surface area contributed by atoms with Crippen LogP contribution in [-0.2, 0) is 5.54 Å². The molecule has 2 N–H and O–H groups in total. The van der Waals surface area contributed by atoms with E-state index in [1.54, 1.807) is 16.7 Å². The van der Waals surface area contributed by atoms with Crippen molar-refractivity contribution in [2.24, 2.45) is 0 Å². The SMILES string of the molecule is CC1(n2c(=O)[nH]c3ccc(C(=O)O)cc32)CCCC1. The van der Waals surface area contributed by atoms with Crippen molar-refractivity contribution < 1.29 is 9.90 Å². The average molecular weight is 260 g/mol. The summed E-state index contributed by atoms with van der Waals surface area (Å²) in [5, 5.41) is 9.07. The minimum atomic E-state index is -0.973. The van der Waals surface area contributed by atoms with Gasteiger partial charge >= 0.3 is 11.7 Å². The van der Waals surface area contributed by atoms with Gasteiger partial charge in [0.25, 0.3) is 0 Å². The third kappa shape index (κ3) is 1.77. The number of nitrogens with zero attached hydrogens (tertiary/aromatic N) is 1. The summed E-state index contributed by atoms with van der Waals surface area (Å²) < 4.78 is 1.74. The Hall–Kier alpha value is -2.04. The number of imidazole rings is 1. The van der Waals surface area contributed by atoms with Crippen molar-refractivity contribution in [3.8, 4) is 0 Å². The first kappa shape index (κ1) is 12.0. The zero-order valence-electron chi connectivity index (χ0n) is 10.8. The van der Waals surface area contributed by atoms with Gasteiger partial charge in [-0.1, -0.05) is 12.8 Å². The van der Waals surface area contributed by atoms with Gasteiger partial charge in [0.15, 0.2) is 0 Å². The molecular weight excluding hydrogens is 244 g/mol. The predicted octanol–water partition coefficient (Wildman–Crippen LogP) is 2.32. The first-order chi connectivity index (χ1) is 9.01. The molecule has 0 amide bonds. The number of H-pyrrole nitrogens is 1. The Morgan fingerprint density at radius 2 is 2.05 bits per heavy atom. The lowest BCUT2D eigenvalue weighted by Crippen LogP contribution is -2.34. The average Bonchev–Trinajstić information content (AvgIpc) is 2.91. The molecule has 1 aromatic heterocycles. The zero-order chi connectivity index (χ0) is 13.6. The van der Waals surface area contributed by atoms with Crippen molar-refractivity contribution in [1.82, 2.24) is 9.55 Å². The molecular formula is C14H16N2O3. The largest absolute Gasteiger partial charge is 0.478 e. The maximum atomic E-state index is 12.2. The molecule has 0 aliphatic heterocycles. The number of aromatic amines is 1. The second-order valence-corrected chi connectivity index (χ2v) is 5.51. The first-order valence-corrected chi connectivity index (χ1v) is 6.50. The summed E-state index contributed by atoms with van der Waals surface area (Å²) in [5.41, 5.74) is 1.24. The number of aromatic nitrogens is 2.